The molecule has 2 nitrogen and oxygen atoms in total. The molecule has 0 radical (unpaired) electrons. The molecular weight excluding hydrogens is 363 g/mol. The van der Waals surface area contributed by atoms with E-state index in [0.717, 1.165) is 0 Å². The van der Waals surface area contributed by atoms with E-state index in [0.29, 0.717) is 6.35 Å². The zero-order chi connectivity index (χ0) is 20.3. The van der Waals surface area contributed by atoms with E-state index in [9.17, 15) is 5.11 Å². The summed E-state index contributed by atoms with van der Waals surface area (Å²) in [5.74, 6) is 0. The third kappa shape index (κ3) is 4.05. The van der Waals surface area contributed by atoms with E-state index >= 15 is 0 Å². The molecular formula is C25H29O2P. The summed E-state index contributed by atoms with van der Waals surface area (Å²) in [5, 5.41) is 16.5. The Labute approximate surface area is 169 Å². The van der Waals surface area contributed by atoms with E-state index in [1.165, 1.54) is 15.9 Å². The van der Waals surface area contributed by atoms with Gasteiger partial charge in [0.25, 0.3) is 0 Å². The fourth-order valence-electron chi connectivity index (χ4n) is 3.15. The van der Waals surface area contributed by atoms with Crippen molar-refractivity contribution < 1.29 is 9.84 Å². The van der Waals surface area contributed by atoms with Gasteiger partial charge in [0, 0.05) is 0 Å². The van der Waals surface area contributed by atoms with E-state index in [2.05, 4.69) is 72.8 Å². The van der Waals surface area contributed by atoms with Crippen LogP contribution in [0.3, 0.4) is 0 Å². The van der Waals surface area contributed by atoms with Crippen molar-refractivity contribution in [3.63, 3.8) is 0 Å². The zero-order valence-corrected chi connectivity index (χ0v) is 18.0. The van der Waals surface area contributed by atoms with Crippen molar-refractivity contribution in [1.82, 2.24) is 0 Å². The smallest absolute Gasteiger partial charge is 0.172 e. The molecule has 3 rings (SSSR count). The van der Waals surface area contributed by atoms with Gasteiger partial charge < -0.3 is 9.84 Å². The second-order valence-corrected chi connectivity index (χ2v) is 11.5. The van der Waals surface area contributed by atoms with Crippen LogP contribution in [0.4, 0.5) is 0 Å². The van der Waals surface area contributed by atoms with Gasteiger partial charge in [-0.3, -0.25) is 0 Å². The molecule has 0 fully saturated rings. The summed E-state index contributed by atoms with van der Waals surface area (Å²) in [6.45, 7) is 7.19. The van der Waals surface area contributed by atoms with Gasteiger partial charge in [-0.15, -0.1) is 0 Å². The van der Waals surface area contributed by atoms with Gasteiger partial charge in [-0.25, -0.2) is 0 Å². The first kappa shape index (κ1) is 20.7. The summed E-state index contributed by atoms with van der Waals surface area (Å²) in [5.41, 5.74) is -2.00. The maximum atomic E-state index is 12.7. The Morgan fingerprint density at radius 3 is 1.25 bits per heavy atom. The van der Waals surface area contributed by atoms with Crippen molar-refractivity contribution in [2.45, 2.75) is 38.9 Å². The van der Waals surface area contributed by atoms with Crippen molar-refractivity contribution >= 4 is 23.2 Å². The molecule has 0 aliphatic carbocycles. The first-order valence-electron chi connectivity index (χ1n) is 9.67. The van der Waals surface area contributed by atoms with Crippen molar-refractivity contribution in [1.29, 1.82) is 0 Å². The first-order valence-corrected chi connectivity index (χ1v) is 11.6. The normalized spacial score (nSPS) is 12.8. The van der Waals surface area contributed by atoms with Gasteiger partial charge in [0.1, 0.15) is 23.2 Å². The molecule has 0 N–H and O–H groups in total. The summed E-state index contributed by atoms with van der Waals surface area (Å²) in [6, 6.07) is 31.7. The second-order valence-electron chi connectivity index (χ2n) is 8.11. The lowest BCUT2D eigenvalue weighted by Crippen LogP contribution is -2.57. The van der Waals surface area contributed by atoms with E-state index in [1.807, 2.05) is 32.0 Å². The lowest BCUT2D eigenvalue weighted by Gasteiger charge is -2.47. The van der Waals surface area contributed by atoms with Crippen molar-refractivity contribution in [3.8, 4) is 0 Å². The van der Waals surface area contributed by atoms with Gasteiger partial charge in [0.15, 0.2) is 6.35 Å². The molecule has 0 saturated heterocycles. The van der Waals surface area contributed by atoms with E-state index < -0.39 is 18.5 Å². The maximum absolute atomic E-state index is 12.7. The third-order valence-electron chi connectivity index (χ3n) is 5.66. The Morgan fingerprint density at radius 1 is 0.643 bits per heavy atom. The van der Waals surface area contributed by atoms with Crippen LogP contribution in [0.2, 0.25) is 0 Å². The average Bonchev–Trinajstić information content (AvgIpc) is 2.70. The fourth-order valence-corrected chi connectivity index (χ4v) is 7.05. The molecule has 0 aromatic heterocycles. The topological polar surface area (TPSA) is 32.3 Å². The summed E-state index contributed by atoms with van der Waals surface area (Å²) in [7, 11) is -2.08. The summed E-state index contributed by atoms with van der Waals surface area (Å²) < 4.78 is 6.46. The fraction of sp³-hybridized carbons (Fsp3) is 0.280. The highest BCUT2D eigenvalue weighted by Gasteiger charge is 2.47. The van der Waals surface area contributed by atoms with Crippen molar-refractivity contribution in [3.05, 3.63) is 91.0 Å². The Morgan fingerprint density at radius 2 is 0.964 bits per heavy atom. The van der Waals surface area contributed by atoms with Crippen LogP contribution >= 0.6 is 7.26 Å². The Bertz CT molecular complexity index is 772. The number of hydrogen-bond acceptors (Lipinski definition) is 2. The number of benzene rings is 3. The molecule has 0 heterocycles. The highest BCUT2D eigenvalue weighted by Crippen LogP contribution is 2.56. The highest BCUT2D eigenvalue weighted by molar-refractivity contribution is 7.95. The monoisotopic (exact) mass is 392 g/mol. The average molecular weight is 392 g/mol. The van der Waals surface area contributed by atoms with Crippen molar-refractivity contribution in [2.24, 2.45) is 0 Å². The molecule has 0 saturated carbocycles. The Kier molecular flexibility index (Phi) is 6.05. The quantitative estimate of drug-likeness (QED) is 0.572. The minimum Gasteiger partial charge on any atom is -0.848 e. The number of ether oxygens (including phenoxy) is 1. The van der Waals surface area contributed by atoms with E-state index in [4.69, 9.17) is 4.74 Å². The Balaban J connectivity index is 2.20. The minimum atomic E-state index is -2.08. The molecule has 0 aliphatic heterocycles. The predicted molar refractivity (Wildman–Crippen MR) is 119 cm³/mol. The van der Waals surface area contributed by atoms with Crippen molar-refractivity contribution in [2.75, 3.05) is 6.35 Å². The predicted octanol–water partition coefficient (Wildman–Crippen LogP) is 3.87. The van der Waals surface area contributed by atoms with Gasteiger partial charge in [-0.2, -0.15) is 0 Å². The zero-order valence-electron chi connectivity index (χ0n) is 17.1. The molecule has 0 amide bonds. The molecule has 3 aromatic carbocycles. The molecule has 0 aliphatic rings. The molecule has 28 heavy (non-hydrogen) atoms. The van der Waals surface area contributed by atoms with Crippen LogP contribution in [0.15, 0.2) is 91.0 Å². The lowest BCUT2D eigenvalue weighted by molar-refractivity contribution is -0.499. The highest BCUT2D eigenvalue weighted by atomic mass is 31.2. The molecule has 0 atom stereocenters. The van der Waals surface area contributed by atoms with Crippen LogP contribution in [0, 0.1) is 0 Å². The van der Waals surface area contributed by atoms with Crippen LogP contribution < -0.4 is 21.0 Å². The van der Waals surface area contributed by atoms with Crippen LogP contribution in [0.1, 0.15) is 27.7 Å². The maximum Gasteiger partial charge on any atom is 0.172 e. The van der Waals surface area contributed by atoms with Gasteiger partial charge in [-0.1, -0.05) is 74.0 Å². The SMILES string of the molecule is CC(C)([O-])C(C)(C)OC[P+](c1ccccc1)(c1ccccc1)c1ccccc1. The third-order valence-corrected chi connectivity index (χ3v) is 9.72. The number of rotatable bonds is 7. The van der Waals surface area contributed by atoms with Crippen LogP contribution in [0.5, 0.6) is 0 Å². The van der Waals surface area contributed by atoms with Gasteiger partial charge in [0.05, 0.1) is 5.60 Å². The minimum absolute atomic E-state index is 0.490. The van der Waals surface area contributed by atoms with Gasteiger partial charge in [-0.05, 0) is 50.2 Å². The molecule has 146 valence electrons. The summed E-state index contributed by atoms with van der Waals surface area (Å²) in [4.78, 5) is 0. The molecule has 0 unspecified atom stereocenters. The Hall–Kier alpha value is -1.99. The largest absolute Gasteiger partial charge is 0.848 e. The molecule has 3 aromatic rings. The first-order chi connectivity index (χ1) is 13.3. The van der Waals surface area contributed by atoms with Crippen LogP contribution in [0.25, 0.3) is 0 Å². The van der Waals surface area contributed by atoms with Crippen LogP contribution in [-0.2, 0) is 4.74 Å². The van der Waals surface area contributed by atoms with E-state index in [1.54, 1.807) is 13.8 Å². The summed E-state index contributed by atoms with van der Waals surface area (Å²) in [6.07, 6.45) is 0.490. The van der Waals surface area contributed by atoms with Crippen LogP contribution in [-0.4, -0.2) is 17.6 Å². The lowest BCUT2D eigenvalue weighted by atomic mass is 9.90. The second kappa shape index (κ2) is 8.17. The van der Waals surface area contributed by atoms with E-state index in [-0.39, 0.29) is 0 Å². The van der Waals surface area contributed by atoms with Gasteiger partial charge >= 0.3 is 0 Å². The number of hydrogen-bond donors (Lipinski definition) is 0. The molecule has 3 heteroatoms. The van der Waals surface area contributed by atoms with Gasteiger partial charge in [0.2, 0.25) is 0 Å². The molecule has 0 spiro atoms. The molecule has 0 bridgehead atoms. The summed E-state index contributed by atoms with van der Waals surface area (Å²) >= 11 is 0. The standard InChI is InChI=1S/C25H29O2P/c1-24(2,26)25(3,4)27-20-28(21-14-8-5-9-15-21,22-16-10-6-11-17-22)23-18-12-7-13-19-23/h5-19H,20H2,1-4H3.